The monoisotopic (exact) mass is 250 g/mol. The van der Waals surface area contributed by atoms with E-state index >= 15 is 0 Å². The molecule has 19 heavy (non-hydrogen) atoms. The Kier molecular flexibility index (Phi) is 2.23. The van der Waals surface area contributed by atoms with Gasteiger partial charge in [-0.1, -0.05) is 12.1 Å². The average molecular weight is 250 g/mol. The zero-order valence-electron chi connectivity index (χ0n) is 10.5. The Bertz CT molecular complexity index is 662. The quantitative estimate of drug-likeness (QED) is 0.816. The molecule has 2 atom stereocenters. The lowest BCUT2D eigenvalue weighted by molar-refractivity contribution is 0.511. The van der Waals surface area contributed by atoms with Crippen LogP contribution >= 0.6 is 0 Å². The van der Waals surface area contributed by atoms with Crippen molar-refractivity contribution in [3.05, 3.63) is 41.1 Å². The van der Waals surface area contributed by atoms with E-state index in [1.807, 2.05) is 24.3 Å². The lowest BCUT2D eigenvalue weighted by Crippen LogP contribution is -2.31. The summed E-state index contributed by atoms with van der Waals surface area (Å²) < 4.78 is 0. The molecule has 2 aliphatic heterocycles. The number of nitriles is 1. The van der Waals surface area contributed by atoms with Gasteiger partial charge in [-0.2, -0.15) is 10.4 Å². The van der Waals surface area contributed by atoms with E-state index in [1.54, 1.807) is 0 Å². The van der Waals surface area contributed by atoms with Crippen LogP contribution in [0.5, 0.6) is 0 Å². The van der Waals surface area contributed by atoms with E-state index in [-0.39, 0.29) is 0 Å². The fraction of sp³-hybridized carbons (Fsp3) is 0.333. The summed E-state index contributed by atoms with van der Waals surface area (Å²) in [5, 5.41) is 20.2. The number of aromatic nitrogens is 2. The number of nitrogens with zero attached hydrogens (tertiary/aromatic N) is 2. The number of H-pyrrole nitrogens is 1. The summed E-state index contributed by atoms with van der Waals surface area (Å²) in [6.07, 6.45) is 3.50. The van der Waals surface area contributed by atoms with Crippen LogP contribution in [-0.2, 0) is 6.42 Å². The molecular weight excluding hydrogens is 236 g/mol. The first-order valence-corrected chi connectivity index (χ1v) is 6.69. The molecule has 94 valence electrons. The third kappa shape index (κ3) is 1.59. The van der Waals surface area contributed by atoms with Crippen molar-refractivity contribution in [1.82, 2.24) is 15.5 Å². The number of rotatable bonds is 1. The van der Waals surface area contributed by atoms with Crippen molar-refractivity contribution in [1.29, 1.82) is 5.26 Å². The molecule has 1 saturated heterocycles. The van der Waals surface area contributed by atoms with Crippen molar-refractivity contribution in [2.45, 2.75) is 31.3 Å². The van der Waals surface area contributed by atoms with E-state index in [0.717, 1.165) is 17.7 Å². The number of nitrogens with one attached hydrogen (secondary N) is 2. The maximum atomic E-state index is 8.85. The third-order valence-corrected chi connectivity index (χ3v) is 4.21. The topological polar surface area (TPSA) is 64.5 Å². The molecule has 1 aromatic heterocycles. The molecule has 4 heteroatoms. The molecule has 2 aromatic rings. The second kappa shape index (κ2) is 3.94. The smallest absolute Gasteiger partial charge is 0.0991 e. The second-order valence-electron chi connectivity index (χ2n) is 5.35. The van der Waals surface area contributed by atoms with Gasteiger partial charge in [0.25, 0.3) is 0 Å². The molecule has 1 aromatic carbocycles. The van der Waals surface area contributed by atoms with Gasteiger partial charge in [-0.3, -0.25) is 5.10 Å². The largest absolute Gasteiger partial charge is 0.307 e. The van der Waals surface area contributed by atoms with Crippen molar-refractivity contribution in [2.24, 2.45) is 0 Å². The van der Waals surface area contributed by atoms with Gasteiger partial charge in [0, 0.05) is 35.3 Å². The van der Waals surface area contributed by atoms with Gasteiger partial charge >= 0.3 is 0 Å². The van der Waals surface area contributed by atoms with Gasteiger partial charge in [-0.15, -0.1) is 0 Å². The van der Waals surface area contributed by atoms with E-state index < -0.39 is 0 Å². The third-order valence-electron chi connectivity index (χ3n) is 4.21. The maximum absolute atomic E-state index is 8.85. The van der Waals surface area contributed by atoms with Crippen LogP contribution in [-0.4, -0.2) is 16.2 Å². The summed E-state index contributed by atoms with van der Waals surface area (Å²) in [6, 6.07) is 10.9. The van der Waals surface area contributed by atoms with Crippen LogP contribution < -0.4 is 5.32 Å². The average Bonchev–Trinajstić information content (AvgIpc) is 3.05. The molecule has 2 aliphatic rings. The summed E-state index contributed by atoms with van der Waals surface area (Å²) in [7, 11) is 0. The van der Waals surface area contributed by atoms with E-state index in [4.69, 9.17) is 5.26 Å². The van der Waals surface area contributed by atoms with Crippen molar-refractivity contribution in [3.63, 3.8) is 0 Å². The highest BCUT2D eigenvalue weighted by Crippen LogP contribution is 2.39. The van der Waals surface area contributed by atoms with E-state index in [0.29, 0.717) is 17.6 Å². The fourth-order valence-electron chi connectivity index (χ4n) is 3.29. The summed E-state index contributed by atoms with van der Waals surface area (Å²) >= 11 is 0. The zero-order chi connectivity index (χ0) is 12.8. The van der Waals surface area contributed by atoms with Crippen molar-refractivity contribution < 1.29 is 0 Å². The summed E-state index contributed by atoms with van der Waals surface area (Å²) in [5.41, 5.74) is 5.43. The minimum atomic E-state index is 0.443. The highest BCUT2D eigenvalue weighted by molar-refractivity contribution is 5.66. The van der Waals surface area contributed by atoms with E-state index in [1.165, 1.54) is 24.1 Å². The Hall–Kier alpha value is -2.12. The Morgan fingerprint density at radius 3 is 2.84 bits per heavy atom. The van der Waals surface area contributed by atoms with Crippen LogP contribution in [0, 0.1) is 11.3 Å². The first-order valence-electron chi connectivity index (χ1n) is 6.69. The first-order chi connectivity index (χ1) is 9.35. The first kappa shape index (κ1) is 10.8. The van der Waals surface area contributed by atoms with Gasteiger partial charge in [0.15, 0.2) is 0 Å². The summed E-state index contributed by atoms with van der Waals surface area (Å²) in [5.74, 6) is 0. The van der Waals surface area contributed by atoms with Gasteiger partial charge in [0.2, 0.25) is 0 Å². The van der Waals surface area contributed by atoms with Gasteiger partial charge in [-0.05, 0) is 25.0 Å². The molecule has 0 radical (unpaired) electrons. The van der Waals surface area contributed by atoms with Crippen LogP contribution in [0.3, 0.4) is 0 Å². The minimum absolute atomic E-state index is 0.443. The van der Waals surface area contributed by atoms with Crippen LogP contribution in [0.25, 0.3) is 11.3 Å². The Labute approximate surface area is 111 Å². The van der Waals surface area contributed by atoms with Crippen molar-refractivity contribution >= 4 is 0 Å². The van der Waals surface area contributed by atoms with Gasteiger partial charge in [0.1, 0.15) is 0 Å². The molecule has 4 rings (SSSR count). The number of aromatic amines is 1. The number of hydrogen-bond donors (Lipinski definition) is 2. The molecule has 4 nitrogen and oxygen atoms in total. The normalized spacial score (nSPS) is 23.9. The van der Waals surface area contributed by atoms with Gasteiger partial charge in [-0.25, -0.2) is 0 Å². The molecule has 0 saturated carbocycles. The van der Waals surface area contributed by atoms with Crippen LogP contribution in [0.2, 0.25) is 0 Å². The molecular formula is C15H14N4. The SMILES string of the molecule is N#Cc1ccc(-c2n[nH]c3c2[C@H]2CC[C@@H](C3)N2)cc1. The van der Waals surface area contributed by atoms with Crippen molar-refractivity contribution in [2.75, 3.05) is 0 Å². The minimum Gasteiger partial charge on any atom is -0.307 e. The van der Waals surface area contributed by atoms with Crippen LogP contribution in [0.4, 0.5) is 0 Å². The zero-order valence-corrected chi connectivity index (χ0v) is 10.5. The Morgan fingerprint density at radius 1 is 1.21 bits per heavy atom. The van der Waals surface area contributed by atoms with E-state index in [2.05, 4.69) is 21.6 Å². The molecule has 3 heterocycles. The number of fused-ring (bicyclic) bond motifs is 4. The predicted molar refractivity (Wildman–Crippen MR) is 71.3 cm³/mol. The molecule has 2 N–H and O–H groups in total. The summed E-state index contributed by atoms with van der Waals surface area (Å²) in [4.78, 5) is 0. The molecule has 1 fully saturated rings. The van der Waals surface area contributed by atoms with Crippen LogP contribution in [0.1, 0.15) is 35.7 Å². The van der Waals surface area contributed by atoms with E-state index in [9.17, 15) is 0 Å². The lowest BCUT2D eigenvalue weighted by atomic mass is 9.96. The number of benzene rings is 1. The van der Waals surface area contributed by atoms with Gasteiger partial charge in [0.05, 0.1) is 17.3 Å². The van der Waals surface area contributed by atoms with Crippen LogP contribution in [0.15, 0.2) is 24.3 Å². The Morgan fingerprint density at radius 2 is 2.05 bits per heavy atom. The second-order valence-corrected chi connectivity index (χ2v) is 5.35. The van der Waals surface area contributed by atoms with Crippen molar-refractivity contribution in [3.8, 4) is 17.3 Å². The van der Waals surface area contributed by atoms with Gasteiger partial charge < -0.3 is 5.32 Å². The summed E-state index contributed by atoms with van der Waals surface area (Å²) in [6.45, 7) is 0. The molecule has 0 spiro atoms. The molecule has 2 bridgehead atoms. The standard InChI is InChI=1S/C15H14N4/c16-8-9-1-3-10(4-2-9)15-14-12-6-5-11(17-12)7-13(14)18-19-15/h1-4,11-12,17H,5-7H2,(H,18,19)/t11-,12+/m0/s1. The molecule has 0 unspecified atom stereocenters. The molecule has 0 amide bonds. The molecule has 0 aliphatic carbocycles. The lowest BCUT2D eigenvalue weighted by Gasteiger charge is -2.21. The highest BCUT2D eigenvalue weighted by atomic mass is 15.2. The highest BCUT2D eigenvalue weighted by Gasteiger charge is 2.35. The maximum Gasteiger partial charge on any atom is 0.0991 e. The Balaban J connectivity index is 1.80. The number of hydrogen-bond acceptors (Lipinski definition) is 3. The fourth-order valence-corrected chi connectivity index (χ4v) is 3.29. The predicted octanol–water partition coefficient (Wildman–Crippen LogP) is 2.30.